The summed E-state index contributed by atoms with van der Waals surface area (Å²) in [6, 6.07) is 5.79. The second-order valence-electron chi connectivity index (χ2n) is 4.09. The first-order valence-corrected chi connectivity index (χ1v) is 5.43. The van der Waals surface area contributed by atoms with Crippen LogP contribution in [0.4, 0.5) is 0 Å². The zero-order chi connectivity index (χ0) is 12.4. The molecule has 1 aliphatic rings. The Morgan fingerprint density at radius 1 is 1.47 bits per heavy atom. The third-order valence-electron chi connectivity index (χ3n) is 2.88. The molecule has 2 N–H and O–H groups in total. The molecule has 2 rings (SSSR count). The van der Waals surface area contributed by atoms with Gasteiger partial charge in [-0.15, -0.1) is 0 Å². The maximum absolute atomic E-state index is 11.8. The van der Waals surface area contributed by atoms with Gasteiger partial charge in [-0.25, -0.2) is 0 Å². The Hall–Kier alpha value is -2.04. The van der Waals surface area contributed by atoms with Crippen LogP contribution in [0.15, 0.2) is 24.3 Å². The standard InChI is InChI=1S/C12H14N2O3/c1-14-7-6-9(12(14)17)13-11(16)8-4-2-3-5-10(8)15/h2-5,9,15H,6-7H2,1H3,(H,13,16). The van der Waals surface area contributed by atoms with Crippen molar-refractivity contribution < 1.29 is 14.7 Å². The Labute approximate surface area is 99.0 Å². The van der Waals surface area contributed by atoms with Crippen molar-refractivity contribution in [2.45, 2.75) is 12.5 Å². The third-order valence-corrected chi connectivity index (χ3v) is 2.88. The van der Waals surface area contributed by atoms with Gasteiger partial charge in [-0.1, -0.05) is 12.1 Å². The smallest absolute Gasteiger partial charge is 0.255 e. The Bertz CT molecular complexity index is 459. The average molecular weight is 234 g/mol. The van der Waals surface area contributed by atoms with Crippen LogP contribution in [0.2, 0.25) is 0 Å². The van der Waals surface area contributed by atoms with E-state index < -0.39 is 11.9 Å². The molecule has 0 aromatic heterocycles. The predicted molar refractivity (Wildman–Crippen MR) is 61.6 cm³/mol. The minimum Gasteiger partial charge on any atom is -0.507 e. The van der Waals surface area contributed by atoms with Crippen molar-refractivity contribution in [3.05, 3.63) is 29.8 Å². The SMILES string of the molecule is CN1CCC(NC(=O)c2ccccc2O)C1=O. The third kappa shape index (κ3) is 2.22. The minimum absolute atomic E-state index is 0.0798. The first-order chi connectivity index (χ1) is 8.09. The molecule has 2 amide bonds. The second-order valence-corrected chi connectivity index (χ2v) is 4.09. The van der Waals surface area contributed by atoms with Crippen LogP contribution >= 0.6 is 0 Å². The molecule has 1 aromatic rings. The Kier molecular flexibility index (Phi) is 2.99. The van der Waals surface area contributed by atoms with E-state index in [0.29, 0.717) is 13.0 Å². The van der Waals surface area contributed by atoms with Gasteiger partial charge < -0.3 is 15.3 Å². The van der Waals surface area contributed by atoms with E-state index >= 15 is 0 Å². The van der Waals surface area contributed by atoms with Gasteiger partial charge in [-0.05, 0) is 18.6 Å². The van der Waals surface area contributed by atoms with E-state index in [1.54, 1.807) is 24.1 Å². The quantitative estimate of drug-likeness (QED) is 0.776. The van der Waals surface area contributed by atoms with E-state index in [9.17, 15) is 14.7 Å². The minimum atomic E-state index is -0.480. The number of likely N-dealkylation sites (tertiary alicyclic amines) is 1. The van der Waals surface area contributed by atoms with Gasteiger partial charge in [0.05, 0.1) is 5.56 Å². The molecule has 5 nitrogen and oxygen atoms in total. The van der Waals surface area contributed by atoms with Crippen LogP contribution in [0.5, 0.6) is 5.75 Å². The first kappa shape index (κ1) is 11.4. The van der Waals surface area contributed by atoms with Gasteiger partial charge in [-0.2, -0.15) is 0 Å². The van der Waals surface area contributed by atoms with Crippen molar-refractivity contribution >= 4 is 11.8 Å². The molecule has 5 heteroatoms. The van der Waals surface area contributed by atoms with Crippen molar-refractivity contribution in [1.29, 1.82) is 0 Å². The van der Waals surface area contributed by atoms with Gasteiger partial charge in [-0.3, -0.25) is 9.59 Å². The van der Waals surface area contributed by atoms with Crippen LogP contribution in [0.25, 0.3) is 0 Å². The fourth-order valence-corrected chi connectivity index (χ4v) is 1.86. The molecule has 90 valence electrons. The molecule has 0 aliphatic carbocycles. The van der Waals surface area contributed by atoms with E-state index in [-0.39, 0.29) is 17.2 Å². The number of likely N-dealkylation sites (N-methyl/N-ethyl adjacent to an activating group) is 1. The molecule has 1 heterocycles. The molecule has 0 saturated carbocycles. The average Bonchev–Trinajstić information content (AvgIpc) is 2.61. The molecule has 1 saturated heterocycles. The number of benzene rings is 1. The highest BCUT2D eigenvalue weighted by atomic mass is 16.3. The van der Waals surface area contributed by atoms with Crippen LogP contribution in [-0.2, 0) is 4.79 Å². The van der Waals surface area contributed by atoms with Crippen LogP contribution < -0.4 is 5.32 Å². The number of hydrogen-bond acceptors (Lipinski definition) is 3. The maximum Gasteiger partial charge on any atom is 0.255 e. The zero-order valence-corrected chi connectivity index (χ0v) is 9.51. The lowest BCUT2D eigenvalue weighted by atomic mass is 10.1. The Balaban J connectivity index is 2.08. The molecule has 1 unspecified atom stereocenters. The van der Waals surface area contributed by atoms with Gasteiger partial charge in [0.2, 0.25) is 5.91 Å². The van der Waals surface area contributed by atoms with Gasteiger partial charge in [0.1, 0.15) is 11.8 Å². The topological polar surface area (TPSA) is 69.6 Å². The van der Waals surface area contributed by atoms with Crippen molar-refractivity contribution in [2.24, 2.45) is 0 Å². The molecule has 17 heavy (non-hydrogen) atoms. The molecule has 1 aliphatic heterocycles. The Morgan fingerprint density at radius 3 is 2.76 bits per heavy atom. The summed E-state index contributed by atoms with van der Waals surface area (Å²) in [5.74, 6) is -0.589. The number of rotatable bonds is 2. The molecular weight excluding hydrogens is 220 g/mol. The van der Waals surface area contributed by atoms with E-state index in [1.807, 2.05) is 0 Å². The first-order valence-electron chi connectivity index (χ1n) is 5.43. The van der Waals surface area contributed by atoms with Crippen molar-refractivity contribution in [1.82, 2.24) is 10.2 Å². The summed E-state index contributed by atoms with van der Waals surface area (Å²) in [5.41, 5.74) is 0.190. The predicted octanol–water partition coefficient (Wildman–Crippen LogP) is 0.353. The monoisotopic (exact) mass is 234 g/mol. The van der Waals surface area contributed by atoms with Gasteiger partial charge in [0.15, 0.2) is 0 Å². The van der Waals surface area contributed by atoms with E-state index in [0.717, 1.165) is 0 Å². The van der Waals surface area contributed by atoms with Crippen LogP contribution in [0, 0.1) is 0 Å². The highest BCUT2D eigenvalue weighted by Crippen LogP contribution is 2.16. The van der Waals surface area contributed by atoms with Gasteiger partial charge >= 0.3 is 0 Å². The molecular formula is C12H14N2O3. The number of carbonyl (C=O) groups is 2. The lowest BCUT2D eigenvalue weighted by Gasteiger charge is -2.12. The van der Waals surface area contributed by atoms with Crippen molar-refractivity contribution in [3.8, 4) is 5.75 Å². The molecule has 1 aromatic carbocycles. The Morgan fingerprint density at radius 2 is 2.18 bits per heavy atom. The summed E-state index contributed by atoms with van der Waals surface area (Å²) < 4.78 is 0. The molecule has 1 atom stereocenters. The molecule has 0 radical (unpaired) electrons. The summed E-state index contributed by atoms with van der Waals surface area (Å²) in [5, 5.41) is 12.1. The van der Waals surface area contributed by atoms with Crippen LogP contribution in [0.1, 0.15) is 16.8 Å². The van der Waals surface area contributed by atoms with Crippen LogP contribution in [-0.4, -0.2) is 41.5 Å². The van der Waals surface area contributed by atoms with E-state index in [4.69, 9.17) is 0 Å². The fourth-order valence-electron chi connectivity index (χ4n) is 1.86. The number of aromatic hydroxyl groups is 1. The lowest BCUT2D eigenvalue weighted by Crippen LogP contribution is -2.40. The summed E-state index contributed by atoms with van der Waals surface area (Å²) in [6.07, 6.45) is 0.606. The highest BCUT2D eigenvalue weighted by Gasteiger charge is 2.30. The number of carbonyl (C=O) groups excluding carboxylic acids is 2. The van der Waals surface area contributed by atoms with E-state index in [1.165, 1.54) is 12.1 Å². The number of phenols is 1. The number of para-hydroxylation sites is 1. The summed E-state index contributed by atoms with van der Waals surface area (Å²) in [6.45, 7) is 0.643. The highest BCUT2D eigenvalue weighted by molar-refractivity contribution is 5.99. The number of nitrogens with zero attached hydrogens (tertiary/aromatic N) is 1. The molecule has 1 fully saturated rings. The molecule has 0 spiro atoms. The lowest BCUT2D eigenvalue weighted by molar-refractivity contribution is -0.128. The van der Waals surface area contributed by atoms with Gasteiger partial charge in [0, 0.05) is 13.6 Å². The largest absolute Gasteiger partial charge is 0.507 e. The van der Waals surface area contributed by atoms with Gasteiger partial charge in [0.25, 0.3) is 5.91 Å². The fraction of sp³-hybridized carbons (Fsp3) is 0.333. The normalized spacial score (nSPS) is 19.5. The number of nitrogens with one attached hydrogen (secondary N) is 1. The summed E-state index contributed by atoms with van der Waals surface area (Å²) in [7, 11) is 1.70. The maximum atomic E-state index is 11.8. The summed E-state index contributed by atoms with van der Waals surface area (Å²) >= 11 is 0. The van der Waals surface area contributed by atoms with Crippen molar-refractivity contribution in [2.75, 3.05) is 13.6 Å². The van der Waals surface area contributed by atoms with Crippen LogP contribution in [0.3, 0.4) is 0 Å². The molecule has 0 bridgehead atoms. The number of phenolic OH excluding ortho intramolecular Hbond substituents is 1. The number of hydrogen-bond donors (Lipinski definition) is 2. The zero-order valence-electron chi connectivity index (χ0n) is 9.51. The second kappa shape index (κ2) is 4.45. The summed E-state index contributed by atoms with van der Waals surface area (Å²) in [4.78, 5) is 25.0. The number of amides is 2. The van der Waals surface area contributed by atoms with Crippen molar-refractivity contribution in [3.63, 3.8) is 0 Å². The van der Waals surface area contributed by atoms with E-state index in [2.05, 4.69) is 5.32 Å².